The summed E-state index contributed by atoms with van der Waals surface area (Å²) in [6, 6.07) is 5.00. The maximum atomic E-state index is 13.4. The van der Waals surface area contributed by atoms with Crippen LogP contribution in [-0.4, -0.2) is 35.1 Å². The fourth-order valence-corrected chi connectivity index (χ4v) is 2.96. The zero-order valence-electron chi connectivity index (χ0n) is 13.6. The number of amides is 1. The molecule has 0 saturated carbocycles. The number of nitrogens with zero attached hydrogens (tertiary/aromatic N) is 3. The number of alkyl halides is 3. The van der Waals surface area contributed by atoms with Crippen molar-refractivity contribution in [1.82, 2.24) is 15.3 Å². The Kier molecular flexibility index (Phi) is 5.31. The third-order valence-corrected chi connectivity index (χ3v) is 4.35. The second-order valence-corrected chi connectivity index (χ2v) is 6.33. The molecule has 1 aliphatic rings. The van der Waals surface area contributed by atoms with Crippen molar-refractivity contribution < 1.29 is 18.0 Å². The lowest BCUT2D eigenvalue weighted by Gasteiger charge is -2.22. The van der Waals surface area contributed by atoms with E-state index in [9.17, 15) is 18.0 Å². The Labute approximate surface area is 153 Å². The van der Waals surface area contributed by atoms with E-state index in [1.54, 1.807) is 6.07 Å². The Morgan fingerprint density at radius 2 is 1.85 bits per heavy atom. The van der Waals surface area contributed by atoms with Gasteiger partial charge in [0.25, 0.3) is 5.91 Å². The molecular formula is C17H16ClF3N4O. The van der Waals surface area contributed by atoms with Gasteiger partial charge < -0.3 is 10.2 Å². The number of benzene rings is 1. The molecule has 0 radical (unpaired) electrons. The summed E-state index contributed by atoms with van der Waals surface area (Å²) in [5, 5.41) is 1.89. The second kappa shape index (κ2) is 7.49. The van der Waals surface area contributed by atoms with Crippen LogP contribution in [0.5, 0.6) is 0 Å². The number of rotatable bonds is 4. The van der Waals surface area contributed by atoms with Crippen molar-refractivity contribution in [3.8, 4) is 0 Å². The number of nitrogens with one attached hydrogen (secondary N) is 1. The molecule has 1 aromatic carbocycles. The first-order valence-corrected chi connectivity index (χ1v) is 8.44. The number of halogens is 4. The zero-order valence-corrected chi connectivity index (χ0v) is 14.4. The van der Waals surface area contributed by atoms with Crippen molar-refractivity contribution in [3.63, 3.8) is 0 Å². The summed E-state index contributed by atoms with van der Waals surface area (Å²) in [7, 11) is 0. The molecular weight excluding hydrogens is 369 g/mol. The van der Waals surface area contributed by atoms with Crippen molar-refractivity contribution >= 4 is 23.5 Å². The van der Waals surface area contributed by atoms with E-state index in [-0.39, 0.29) is 16.3 Å². The summed E-state index contributed by atoms with van der Waals surface area (Å²) < 4.78 is 40.3. The van der Waals surface area contributed by atoms with Crippen LogP contribution in [0, 0.1) is 0 Å². The van der Waals surface area contributed by atoms with Gasteiger partial charge in [-0.25, -0.2) is 9.97 Å². The molecule has 0 bridgehead atoms. The van der Waals surface area contributed by atoms with Crippen molar-refractivity contribution in [2.75, 3.05) is 18.0 Å². The van der Waals surface area contributed by atoms with Crippen LogP contribution in [0.4, 0.5) is 19.1 Å². The normalized spacial score (nSPS) is 15.8. The first-order valence-electron chi connectivity index (χ1n) is 8.06. The molecule has 1 fully saturated rings. The van der Waals surface area contributed by atoms with Gasteiger partial charge in [-0.2, -0.15) is 13.2 Å². The van der Waals surface area contributed by atoms with Crippen molar-refractivity contribution in [1.29, 1.82) is 0 Å². The fraction of sp³-hybridized carbons (Fsp3) is 0.353. The number of aromatic nitrogens is 2. The van der Waals surface area contributed by atoms with Gasteiger partial charge in [0.05, 0.1) is 11.2 Å². The molecule has 9 heteroatoms. The summed E-state index contributed by atoms with van der Waals surface area (Å²) in [6.07, 6.45) is -1.48. The summed E-state index contributed by atoms with van der Waals surface area (Å²) in [5.41, 5.74) is -0.341. The van der Waals surface area contributed by atoms with E-state index in [2.05, 4.69) is 9.97 Å². The van der Waals surface area contributed by atoms with E-state index < -0.39 is 18.1 Å². The maximum Gasteiger partial charge on any atom is 0.412 e. The Morgan fingerprint density at radius 3 is 2.46 bits per heavy atom. The average Bonchev–Trinajstić information content (AvgIpc) is 3.14. The number of hydrogen-bond acceptors (Lipinski definition) is 4. The Balaban J connectivity index is 1.87. The summed E-state index contributed by atoms with van der Waals surface area (Å²) in [5.74, 6) is -0.704. The number of anilines is 1. The third kappa shape index (κ3) is 4.07. The van der Waals surface area contributed by atoms with Crippen LogP contribution < -0.4 is 10.2 Å². The molecule has 5 nitrogen and oxygen atoms in total. The van der Waals surface area contributed by atoms with E-state index in [4.69, 9.17) is 11.6 Å². The molecule has 1 aromatic heterocycles. The maximum absolute atomic E-state index is 13.4. The lowest BCUT2D eigenvalue weighted by atomic mass is 10.1. The first kappa shape index (κ1) is 18.4. The molecule has 1 N–H and O–H groups in total. The molecule has 26 heavy (non-hydrogen) atoms. The zero-order chi connectivity index (χ0) is 18.7. The van der Waals surface area contributed by atoms with Crippen molar-refractivity contribution in [2.24, 2.45) is 0 Å². The highest BCUT2D eigenvalue weighted by atomic mass is 35.5. The number of carbonyl (C=O) groups excluding carboxylic acids is 1. The van der Waals surface area contributed by atoms with E-state index >= 15 is 0 Å². The van der Waals surface area contributed by atoms with Gasteiger partial charge in [0.2, 0.25) is 5.95 Å². The van der Waals surface area contributed by atoms with E-state index in [0.29, 0.717) is 5.95 Å². The topological polar surface area (TPSA) is 58.1 Å². The molecule has 1 atom stereocenters. The summed E-state index contributed by atoms with van der Waals surface area (Å²) in [4.78, 5) is 22.5. The second-order valence-electron chi connectivity index (χ2n) is 5.92. The largest absolute Gasteiger partial charge is 0.412 e. The number of carbonyl (C=O) groups is 1. The van der Waals surface area contributed by atoms with E-state index in [0.717, 1.165) is 25.9 Å². The van der Waals surface area contributed by atoms with E-state index in [1.807, 2.05) is 10.2 Å². The lowest BCUT2D eigenvalue weighted by molar-refractivity contribution is -0.155. The predicted octanol–water partition coefficient (Wildman–Crippen LogP) is 3.76. The molecule has 0 aliphatic carbocycles. The van der Waals surface area contributed by atoms with Crippen LogP contribution in [0.15, 0.2) is 36.5 Å². The summed E-state index contributed by atoms with van der Waals surface area (Å²) in [6.45, 7) is 1.47. The molecule has 1 aliphatic heterocycles. The van der Waals surface area contributed by atoms with E-state index in [1.165, 1.54) is 30.5 Å². The van der Waals surface area contributed by atoms with Gasteiger partial charge in [-0.3, -0.25) is 4.79 Å². The first-order chi connectivity index (χ1) is 12.4. The number of hydrogen-bond donors (Lipinski definition) is 1. The minimum Gasteiger partial charge on any atom is -0.341 e. The molecule has 138 valence electrons. The molecule has 0 unspecified atom stereocenters. The highest BCUT2D eigenvalue weighted by Gasteiger charge is 2.42. The van der Waals surface area contributed by atoms with Crippen LogP contribution in [0.3, 0.4) is 0 Å². The van der Waals surface area contributed by atoms with Crippen LogP contribution in [0.1, 0.15) is 34.9 Å². The fourth-order valence-electron chi connectivity index (χ4n) is 2.79. The monoisotopic (exact) mass is 384 g/mol. The van der Waals surface area contributed by atoms with Gasteiger partial charge in [-0.15, -0.1) is 0 Å². The minimum atomic E-state index is -4.66. The third-order valence-electron chi connectivity index (χ3n) is 4.07. The molecule has 2 heterocycles. The SMILES string of the molecule is O=C(N[C@@H](c1ccccc1)C(F)(F)F)c1nc(N2CCCC2)ncc1Cl. The lowest BCUT2D eigenvalue weighted by Crippen LogP contribution is -2.38. The van der Waals surface area contributed by atoms with Crippen molar-refractivity contribution in [2.45, 2.75) is 25.1 Å². The highest BCUT2D eigenvalue weighted by molar-refractivity contribution is 6.33. The Morgan fingerprint density at radius 1 is 1.19 bits per heavy atom. The molecule has 3 rings (SSSR count). The van der Waals surface area contributed by atoms with Gasteiger partial charge in [-0.1, -0.05) is 41.9 Å². The van der Waals surface area contributed by atoms with Gasteiger partial charge in [0.1, 0.15) is 0 Å². The highest BCUT2D eigenvalue weighted by Crippen LogP contribution is 2.33. The van der Waals surface area contributed by atoms with Crippen molar-refractivity contribution in [3.05, 3.63) is 52.8 Å². The minimum absolute atomic E-state index is 0.0710. The molecule has 1 saturated heterocycles. The smallest absolute Gasteiger partial charge is 0.341 e. The van der Waals surface area contributed by atoms with Crippen LogP contribution in [0.2, 0.25) is 5.02 Å². The predicted molar refractivity (Wildman–Crippen MR) is 91.2 cm³/mol. The van der Waals surface area contributed by atoms with Crippen LogP contribution in [-0.2, 0) is 0 Å². The standard InChI is InChI=1S/C17H16ClF3N4O/c18-12-10-22-16(25-8-4-5-9-25)23-13(12)15(26)24-14(17(19,20)21)11-6-2-1-3-7-11/h1-3,6-7,10,14H,4-5,8-9H2,(H,24,26)/t14-/m0/s1. The van der Waals surface area contributed by atoms with Gasteiger partial charge in [-0.05, 0) is 18.4 Å². The molecule has 2 aromatic rings. The Bertz CT molecular complexity index is 779. The van der Waals surface area contributed by atoms with Crippen LogP contribution >= 0.6 is 11.6 Å². The quantitative estimate of drug-likeness (QED) is 0.872. The Hall–Kier alpha value is -2.35. The van der Waals surface area contributed by atoms with Gasteiger partial charge >= 0.3 is 6.18 Å². The van der Waals surface area contributed by atoms with Gasteiger partial charge in [0.15, 0.2) is 11.7 Å². The average molecular weight is 385 g/mol. The molecule has 1 amide bonds. The van der Waals surface area contributed by atoms with Crippen LogP contribution in [0.25, 0.3) is 0 Å². The molecule has 0 spiro atoms. The van der Waals surface area contributed by atoms with Gasteiger partial charge in [0, 0.05) is 13.1 Å². The summed E-state index contributed by atoms with van der Waals surface area (Å²) >= 11 is 5.96.